The molecule has 0 spiro atoms. The lowest BCUT2D eigenvalue weighted by Gasteiger charge is -2.19. The number of nitrogens with one attached hydrogen (secondary N) is 2. The van der Waals surface area contributed by atoms with Gasteiger partial charge in [0, 0.05) is 31.8 Å². The number of halogens is 1. The summed E-state index contributed by atoms with van der Waals surface area (Å²) < 4.78 is 46.5. The van der Waals surface area contributed by atoms with Crippen LogP contribution in [-0.4, -0.2) is 56.9 Å². The zero-order valence-electron chi connectivity index (χ0n) is 18.6. The third-order valence-corrected chi connectivity index (χ3v) is 7.52. The van der Waals surface area contributed by atoms with Crippen molar-refractivity contribution in [3.05, 3.63) is 59.4 Å². The van der Waals surface area contributed by atoms with Crippen LogP contribution >= 0.6 is 0 Å². The first-order valence-corrected chi connectivity index (χ1v) is 12.3. The summed E-state index contributed by atoms with van der Waals surface area (Å²) in [5, 5.41) is 5.44. The van der Waals surface area contributed by atoms with E-state index in [9.17, 15) is 22.4 Å². The molecule has 1 aliphatic heterocycles. The number of benzene rings is 2. The molecule has 2 aromatic carbocycles. The molecule has 0 bridgehead atoms. The fourth-order valence-corrected chi connectivity index (χ4v) is 5.18. The number of carbonyl (C=O) groups excluding carboxylic acids is 2. The maximum Gasteiger partial charge on any atom is 0.255 e. The van der Waals surface area contributed by atoms with E-state index in [0.717, 1.165) is 29.3 Å². The molecule has 1 heterocycles. The van der Waals surface area contributed by atoms with Crippen LogP contribution in [0, 0.1) is 5.82 Å². The van der Waals surface area contributed by atoms with Gasteiger partial charge in [-0.3, -0.25) is 9.59 Å². The summed E-state index contributed by atoms with van der Waals surface area (Å²) >= 11 is 0. The average molecular weight is 478 g/mol. The molecule has 0 aliphatic carbocycles. The van der Waals surface area contributed by atoms with Gasteiger partial charge in [0.2, 0.25) is 10.0 Å². The molecule has 2 aromatic rings. The summed E-state index contributed by atoms with van der Waals surface area (Å²) in [4.78, 5) is 25.0. The number of anilines is 1. The normalized spacial score (nSPS) is 16.1. The number of carbonyl (C=O) groups is 2. The maximum atomic E-state index is 14.4. The van der Waals surface area contributed by atoms with E-state index < -0.39 is 26.6 Å². The van der Waals surface area contributed by atoms with Gasteiger partial charge in [-0.25, -0.2) is 12.8 Å². The van der Waals surface area contributed by atoms with Crippen LogP contribution in [0.25, 0.3) is 0 Å². The predicted octanol–water partition coefficient (Wildman–Crippen LogP) is 3.02. The van der Waals surface area contributed by atoms with E-state index >= 15 is 0 Å². The van der Waals surface area contributed by atoms with Gasteiger partial charge in [0.1, 0.15) is 10.7 Å². The molecule has 178 valence electrons. The fourth-order valence-electron chi connectivity index (χ4n) is 3.64. The Hall–Kier alpha value is -2.82. The zero-order chi connectivity index (χ0) is 24.0. The molecule has 8 nitrogen and oxygen atoms in total. The molecule has 1 unspecified atom stereocenters. The predicted molar refractivity (Wildman–Crippen MR) is 122 cm³/mol. The Morgan fingerprint density at radius 3 is 2.52 bits per heavy atom. The standard InChI is InChI=1S/C23H28FN3O5S/c1-3-27(4-2)33(30,31)21-14-16(11-12-19(21)24)22(28)26-20-10-6-5-9-18(20)23(29)25-15-17-8-7-13-32-17/h5-6,9-12,14,17H,3-4,7-8,13,15H2,1-2H3,(H,25,29)(H,26,28). The van der Waals surface area contributed by atoms with Crippen molar-refractivity contribution < 1.29 is 27.1 Å². The lowest BCUT2D eigenvalue weighted by molar-refractivity contribution is 0.0858. The van der Waals surface area contributed by atoms with Gasteiger partial charge in [-0.2, -0.15) is 4.31 Å². The van der Waals surface area contributed by atoms with Gasteiger partial charge >= 0.3 is 0 Å². The number of sulfonamides is 1. The average Bonchev–Trinajstić information content (AvgIpc) is 3.32. The first kappa shape index (κ1) is 24.8. The number of hydrogen-bond donors (Lipinski definition) is 2. The molecule has 33 heavy (non-hydrogen) atoms. The first-order chi connectivity index (χ1) is 15.8. The summed E-state index contributed by atoms with van der Waals surface area (Å²) in [5.74, 6) is -1.97. The Bertz CT molecular complexity index is 1110. The number of hydrogen-bond acceptors (Lipinski definition) is 5. The van der Waals surface area contributed by atoms with Crippen molar-refractivity contribution in [3.63, 3.8) is 0 Å². The molecule has 1 fully saturated rings. The van der Waals surface area contributed by atoms with Gasteiger partial charge in [-0.15, -0.1) is 0 Å². The van der Waals surface area contributed by atoms with Gasteiger partial charge in [0.05, 0.1) is 17.4 Å². The van der Waals surface area contributed by atoms with Crippen LogP contribution in [0.5, 0.6) is 0 Å². The second-order valence-electron chi connectivity index (χ2n) is 7.58. The highest BCUT2D eigenvalue weighted by Crippen LogP contribution is 2.22. The monoisotopic (exact) mass is 477 g/mol. The van der Waals surface area contributed by atoms with Gasteiger partial charge < -0.3 is 15.4 Å². The highest BCUT2D eigenvalue weighted by atomic mass is 32.2. The van der Waals surface area contributed by atoms with Gasteiger partial charge in [-0.1, -0.05) is 26.0 Å². The number of para-hydroxylation sites is 1. The maximum absolute atomic E-state index is 14.4. The van der Waals surface area contributed by atoms with E-state index in [0.29, 0.717) is 13.2 Å². The van der Waals surface area contributed by atoms with Crippen molar-refractivity contribution in [1.82, 2.24) is 9.62 Å². The van der Waals surface area contributed by atoms with Gasteiger partial charge in [-0.05, 0) is 43.2 Å². The molecule has 0 saturated carbocycles. The topological polar surface area (TPSA) is 105 Å². The summed E-state index contributed by atoms with van der Waals surface area (Å²) in [5.41, 5.74) is 0.462. The highest BCUT2D eigenvalue weighted by molar-refractivity contribution is 7.89. The molecule has 1 atom stereocenters. The van der Waals surface area contributed by atoms with Gasteiger partial charge in [0.25, 0.3) is 11.8 Å². The summed E-state index contributed by atoms with van der Waals surface area (Å²) in [7, 11) is -4.10. The minimum Gasteiger partial charge on any atom is -0.376 e. The molecule has 1 saturated heterocycles. The minimum absolute atomic E-state index is 0.0268. The molecule has 10 heteroatoms. The Kier molecular flexibility index (Phi) is 8.17. The molecule has 1 aliphatic rings. The van der Waals surface area contributed by atoms with Crippen molar-refractivity contribution in [1.29, 1.82) is 0 Å². The van der Waals surface area contributed by atoms with Crippen LogP contribution in [0.1, 0.15) is 47.4 Å². The Morgan fingerprint density at radius 2 is 1.85 bits per heavy atom. The molecule has 0 aromatic heterocycles. The van der Waals surface area contributed by atoms with E-state index in [4.69, 9.17) is 4.74 Å². The van der Waals surface area contributed by atoms with Crippen molar-refractivity contribution in [2.75, 3.05) is 31.6 Å². The van der Waals surface area contributed by atoms with E-state index in [-0.39, 0.29) is 41.9 Å². The van der Waals surface area contributed by atoms with Crippen LogP contribution in [-0.2, 0) is 14.8 Å². The smallest absolute Gasteiger partial charge is 0.255 e. The summed E-state index contributed by atoms with van der Waals surface area (Å²) in [6, 6.07) is 9.63. The van der Waals surface area contributed by atoms with E-state index in [1.165, 1.54) is 6.07 Å². The highest BCUT2D eigenvalue weighted by Gasteiger charge is 2.27. The number of ether oxygens (including phenoxy) is 1. The quantitative estimate of drug-likeness (QED) is 0.578. The van der Waals surface area contributed by atoms with Gasteiger partial charge in [0.15, 0.2) is 0 Å². The lowest BCUT2D eigenvalue weighted by Crippen LogP contribution is -2.32. The van der Waals surface area contributed by atoms with Crippen molar-refractivity contribution >= 4 is 27.5 Å². The third-order valence-electron chi connectivity index (χ3n) is 5.45. The summed E-state index contributed by atoms with van der Waals surface area (Å²) in [6.45, 7) is 4.68. The zero-order valence-corrected chi connectivity index (χ0v) is 19.5. The second kappa shape index (κ2) is 10.9. The number of amides is 2. The van der Waals surface area contributed by atoms with Crippen LogP contribution in [0.3, 0.4) is 0 Å². The van der Waals surface area contributed by atoms with Crippen LogP contribution in [0.2, 0.25) is 0 Å². The van der Waals surface area contributed by atoms with Crippen LogP contribution in [0.4, 0.5) is 10.1 Å². The van der Waals surface area contributed by atoms with Crippen molar-refractivity contribution in [2.45, 2.75) is 37.7 Å². The largest absolute Gasteiger partial charge is 0.376 e. The molecule has 0 radical (unpaired) electrons. The molecular weight excluding hydrogens is 449 g/mol. The Labute approximate surface area is 193 Å². The molecule has 2 N–H and O–H groups in total. The number of rotatable bonds is 9. The van der Waals surface area contributed by atoms with Crippen molar-refractivity contribution in [3.8, 4) is 0 Å². The molecular formula is C23H28FN3O5S. The van der Waals surface area contributed by atoms with E-state index in [1.807, 2.05) is 0 Å². The third kappa shape index (κ3) is 5.76. The fraction of sp³-hybridized carbons (Fsp3) is 0.391. The minimum atomic E-state index is -4.10. The molecule has 3 rings (SSSR count). The van der Waals surface area contributed by atoms with E-state index in [1.54, 1.807) is 38.1 Å². The molecule has 2 amide bonds. The van der Waals surface area contributed by atoms with Crippen molar-refractivity contribution in [2.24, 2.45) is 0 Å². The van der Waals surface area contributed by atoms with E-state index in [2.05, 4.69) is 10.6 Å². The van der Waals surface area contributed by atoms with Crippen LogP contribution < -0.4 is 10.6 Å². The second-order valence-corrected chi connectivity index (χ2v) is 9.49. The SMILES string of the molecule is CCN(CC)S(=O)(=O)c1cc(C(=O)Nc2ccccc2C(=O)NCC2CCCO2)ccc1F. The first-order valence-electron chi connectivity index (χ1n) is 10.9. The Balaban J connectivity index is 1.80. The summed E-state index contributed by atoms with van der Waals surface area (Å²) in [6.07, 6.45) is 1.81. The number of nitrogens with zero attached hydrogens (tertiary/aromatic N) is 1. The Morgan fingerprint density at radius 1 is 1.12 bits per heavy atom. The van der Waals surface area contributed by atoms with Crippen LogP contribution in [0.15, 0.2) is 47.4 Å². The lowest BCUT2D eigenvalue weighted by atomic mass is 10.1.